The van der Waals surface area contributed by atoms with E-state index in [9.17, 15) is 4.79 Å². The number of rotatable bonds is 5. The summed E-state index contributed by atoms with van der Waals surface area (Å²) in [5, 5.41) is 0. The summed E-state index contributed by atoms with van der Waals surface area (Å²) in [6.07, 6.45) is 1.27. The minimum absolute atomic E-state index is 0.249. The number of nitrogens with zero attached hydrogens (tertiary/aromatic N) is 1. The number of benzene rings is 2. The maximum atomic E-state index is 12.1. The molecule has 23 heavy (non-hydrogen) atoms. The Hall–Kier alpha value is -2.99. The first-order valence-corrected chi connectivity index (χ1v) is 7.40. The summed E-state index contributed by atoms with van der Waals surface area (Å²) >= 11 is 0. The molecule has 0 N–H and O–H groups in total. The van der Waals surface area contributed by atoms with Gasteiger partial charge in [-0.2, -0.15) is 0 Å². The van der Waals surface area contributed by atoms with Crippen LogP contribution < -0.4 is 0 Å². The molecular formula is C20H19NO2. The maximum Gasteiger partial charge on any atom is 0.411 e. The molecule has 0 aliphatic heterocycles. The van der Waals surface area contributed by atoms with Crippen LogP contribution in [0.15, 0.2) is 73.3 Å². The molecule has 116 valence electrons. The smallest absolute Gasteiger partial charge is 0.411 e. The molecule has 0 saturated carbocycles. The number of ether oxygens (including phenoxy) is 1. The Kier molecular flexibility index (Phi) is 6.49. The summed E-state index contributed by atoms with van der Waals surface area (Å²) in [4.78, 5) is 13.7. The molecule has 3 heteroatoms. The van der Waals surface area contributed by atoms with Gasteiger partial charge in [-0.15, -0.1) is 6.58 Å². The predicted octanol–water partition coefficient (Wildman–Crippen LogP) is 3.86. The van der Waals surface area contributed by atoms with Gasteiger partial charge < -0.3 is 4.74 Å². The van der Waals surface area contributed by atoms with Crippen LogP contribution >= 0.6 is 0 Å². The van der Waals surface area contributed by atoms with E-state index in [1.165, 1.54) is 4.90 Å². The van der Waals surface area contributed by atoms with Crippen molar-refractivity contribution < 1.29 is 9.53 Å². The van der Waals surface area contributed by atoms with Crippen LogP contribution in [0.5, 0.6) is 0 Å². The molecule has 1 amide bonds. The van der Waals surface area contributed by atoms with Crippen molar-refractivity contribution in [3.8, 4) is 11.8 Å². The lowest BCUT2D eigenvalue weighted by Crippen LogP contribution is -2.32. The van der Waals surface area contributed by atoms with Crippen molar-refractivity contribution in [2.24, 2.45) is 0 Å². The topological polar surface area (TPSA) is 29.5 Å². The zero-order valence-electron chi connectivity index (χ0n) is 12.9. The predicted molar refractivity (Wildman–Crippen MR) is 91.7 cm³/mol. The van der Waals surface area contributed by atoms with Crippen molar-refractivity contribution in [3.05, 3.63) is 84.4 Å². The Labute approximate surface area is 137 Å². The molecule has 0 aliphatic carbocycles. The minimum atomic E-state index is -0.392. The molecule has 0 unspecified atom stereocenters. The molecule has 0 spiro atoms. The van der Waals surface area contributed by atoms with Gasteiger partial charge in [0.25, 0.3) is 0 Å². The molecule has 0 saturated heterocycles. The van der Waals surface area contributed by atoms with Crippen molar-refractivity contribution in [2.75, 3.05) is 13.1 Å². The van der Waals surface area contributed by atoms with Crippen LogP contribution in [0.4, 0.5) is 4.79 Å². The van der Waals surface area contributed by atoms with Crippen molar-refractivity contribution in [2.45, 2.75) is 6.61 Å². The molecule has 0 heterocycles. The van der Waals surface area contributed by atoms with E-state index < -0.39 is 6.09 Å². The number of carbonyl (C=O) groups is 1. The number of hydrogen-bond donors (Lipinski definition) is 0. The average molecular weight is 305 g/mol. The van der Waals surface area contributed by atoms with Gasteiger partial charge in [0, 0.05) is 12.1 Å². The minimum Gasteiger partial charge on any atom is -0.445 e. The van der Waals surface area contributed by atoms with E-state index in [2.05, 4.69) is 18.4 Å². The van der Waals surface area contributed by atoms with Crippen molar-refractivity contribution >= 4 is 6.09 Å². The van der Waals surface area contributed by atoms with Crippen LogP contribution in [0.2, 0.25) is 0 Å². The van der Waals surface area contributed by atoms with E-state index >= 15 is 0 Å². The molecule has 2 aromatic rings. The fourth-order valence-corrected chi connectivity index (χ4v) is 1.93. The van der Waals surface area contributed by atoms with Crippen LogP contribution in [-0.4, -0.2) is 24.1 Å². The van der Waals surface area contributed by atoms with E-state index in [0.717, 1.165) is 11.1 Å². The summed E-state index contributed by atoms with van der Waals surface area (Å²) in [7, 11) is 0. The lowest BCUT2D eigenvalue weighted by atomic mass is 10.2. The summed E-state index contributed by atoms with van der Waals surface area (Å²) in [6.45, 7) is 4.62. The summed E-state index contributed by atoms with van der Waals surface area (Å²) in [5.41, 5.74) is 1.87. The van der Waals surface area contributed by atoms with Gasteiger partial charge in [-0.05, 0) is 17.7 Å². The standard InChI is InChI=1S/C20H19NO2/c1-2-15-21(16-9-14-18-10-5-3-6-11-18)20(22)23-17-19-12-7-4-8-13-19/h2-8,10-13H,1,15-17H2. The van der Waals surface area contributed by atoms with Gasteiger partial charge in [0.15, 0.2) is 0 Å². The number of amides is 1. The zero-order valence-corrected chi connectivity index (χ0v) is 12.9. The fourth-order valence-electron chi connectivity index (χ4n) is 1.93. The second-order valence-corrected chi connectivity index (χ2v) is 4.88. The fraction of sp³-hybridized carbons (Fsp3) is 0.150. The second-order valence-electron chi connectivity index (χ2n) is 4.88. The van der Waals surface area contributed by atoms with Crippen molar-refractivity contribution in [3.63, 3.8) is 0 Å². The van der Waals surface area contributed by atoms with Gasteiger partial charge in [0.05, 0.1) is 6.54 Å². The molecular weight excluding hydrogens is 286 g/mol. The third-order valence-electron chi connectivity index (χ3n) is 3.09. The highest BCUT2D eigenvalue weighted by Gasteiger charge is 2.12. The second kappa shape index (κ2) is 9.11. The maximum absolute atomic E-state index is 12.1. The van der Waals surface area contributed by atoms with Crippen LogP contribution in [0.3, 0.4) is 0 Å². The molecule has 0 radical (unpaired) electrons. The Morgan fingerprint density at radius 3 is 2.39 bits per heavy atom. The normalized spacial score (nSPS) is 9.39. The van der Waals surface area contributed by atoms with Crippen molar-refractivity contribution in [1.82, 2.24) is 4.90 Å². The molecule has 0 bridgehead atoms. The van der Waals surface area contributed by atoms with E-state index in [-0.39, 0.29) is 6.61 Å². The zero-order chi connectivity index (χ0) is 16.3. The summed E-state index contributed by atoms with van der Waals surface area (Å²) in [6, 6.07) is 19.2. The number of carbonyl (C=O) groups excluding carboxylic acids is 1. The van der Waals surface area contributed by atoms with E-state index in [1.54, 1.807) is 6.08 Å². The summed E-state index contributed by atoms with van der Waals surface area (Å²) < 4.78 is 5.32. The van der Waals surface area contributed by atoms with Crippen LogP contribution in [0.1, 0.15) is 11.1 Å². The molecule has 3 nitrogen and oxygen atoms in total. The van der Waals surface area contributed by atoms with E-state index in [1.807, 2.05) is 60.7 Å². The van der Waals surface area contributed by atoms with Gasteiger partial charge in [-0.1, -0.05) is 66.4 Å². The van der Waals surface area contributed by atoms with E-state index in [4.69, 9.17) is 4.74 Å². The van der Waals surface area contributed by atoms with Crippen LogP contribution in [-0.2, 0) is 11.3 Å². The Balaban J connectivity index is 1.91. The third kappa shape index (κ3) is 5.72. The molecule has 2 rings (SSSR count). The van der Waals surface area contributed by atoms with Gasteiger partial charge in [0.1, 0.15) is 6.61 Å². The third-order valence-corrected chi connectivity index (χ3v) is 3.09. The van der Waals surface area contributed by atoms with Gasteiger partial charge in [0.2, 0.25) is 0 Å². The summed E-state index contributed by atoms with van der Waals surface area (Å²) in [5.74, 6) is 6.02. The quantitative estimate of drug-likeness (QED) is 0.620. The largest absolute Gasteiger partial charge is 0.445 e. The van der Waals surface area contributed by atoms with Gasteiger partial charge in [-0.25, -0.2) is 4.79 Å². The Bertz CT molecular complexity index is 684. The number of hydrogen-bond acceptors (Lipinski definition) is 2. The van der Waals surface area contributed by atoms with Gasteiger partial charge >= 0.3 is 6.09 Å². The highest BCUT2D eigenvalue weighted by Crippen LogP contribution is 2.03. The van der Waals surface area contributed by atoms with Crippen LogP contribution in [0, 0.1) is 11.8 Å². The average Bonchev–Trinajstić information content (AvgIpc) is 2.61. The Morgan fingerprint density at radius 1 is 1.09 bits per heavy atom. The van der Waals surface area contributed by atoms with Crippen LogP contribution in [0.25, 0.3) is 0 Å². The highest BCUT2D eigenvalue weighted by molar-refractivity contribution is 5.68. The van der Waals surface area contributed by atoms with Crippen molar-refractivity contribution in [1.29, 1.82) is 0 Å². The Morgan fingerprint density at radius 2 is 1.74 bits per heavy atom. The molecule has 0 atom stereocenters. The lowest BCUT2D eigenvalue weighted by molar-refractivity contribution is 0.104. The lowest BCUT2D eigenvalue weighted by Gasteiger charge is -2.17. The van der Waals surface area contributed by atoms with Gasteiger partial charge in [-0.3, -0.25) is 4.90 Å². The van der Waals surface area contributed by atoms with E-state index in [0.29, 0.717) is 13.1 Å². The first-order valence-electron chi connectivity index (χ1n) is 7.40. The first kappa shape index (κ1) is 16.4. The SMILES string of the molecule is C=CCN(CC#Cc1ccccc1)C(=O)OCc1ccccc1. The monoisotopic (exact) mass is 305 g/mol. The molecule has 0 fully saturated rings. The molecule has 2 aromatic carbocycles. The highest BCUT2D eigenvalue weighted by atomic mass is 16.6. The molecule has 0 aliphatic rings. The molecule has 0 aromatic heterocycles. The first-order chi connectivity index (χ1) is 11.3.